The Bertz CT molecular complexity index is 578. The summed E-state index contributed by atoms with van der Waals surface area (Å²) in [5.74, 6) is 0.700. The van der Waals surface area contributed by atoms with Gasteiger partial charge < -0.3 is 20.5 Å². The molecule has 3 fully saturated rings. The number of rotatable bonds is 8. The molecular weight excluding hydrogens is 428 g/mol. The molecule has 3 rings (SSSR count). The minimum Gasteiger partial charge on any atom is -0.333 e. The van der Waals surface area contributed by atoms with E-state index in [1.807, 2.05) is 7.05 Å². The zero-order valence-corrected chi connectivity index (χ0v) is 20.7. The molecule has 1 heterocycles. The second-order valence-corrected chi connectivity index (χ2v) is 9.36. The first-order valence-corrected chi connectivity index (χ1v) is 12.1. The first kappa shape index (κ1) is 30.6. The van der Waals surface area contributed by atoms with Crippen LogP contribution < -0.4 is 11.2 Å². The van der Waals surface area contributed by atoms with E-state index in [4.69, 9.17) is 5.21 Å². The van der Waals surface area contributed by atoms with Gasteiger partial charge in [-0.3, -0.25) is 14.7 Å². The van der Waals surface area contributed by atoms with Crippen LogP contribution in [0.25, 0.3) is 0 Å². The zero-order valence-electron chi connectivity index (χ0n) is 19.9. The fourth-order valence-electron chi connectivity index (χ4n) is 4.30. The smallest absolute Gasteiger partial charge is 0.210 e. The summed E-state index contributed by atoms with van der Waals surface area (Å²) in [5, 5.41) is 9.27. The van der Waals surface area contributed by atoms with Crippen LogP contribution in [0, 0.1) is 17.3 Å². The number of thioether (sulfide) groups is 1. The Kier molecular flexibility index (Phi) is 17.3. The Balaban J connectivity index is 0.000000509. The molecule has 0 aromatic rings. The van der Waals surface area contributed by atoms with Gasteiger partial charge >= 0.3 is 0 Å². The molecule has 8 nitrogen and oxygen atoms in total. The average molecular weight is 471 g/mol. The topological polar surface area (TPSA) is 125 Å². The summed E-state index contributed by atoms with van der Waals surface area (Å²) in [7, 11) is 4.98. The van der Waals surface area contributed by atoms with E-state index >= 15 is 0 Å². The summed E-state index contributed by atoms with van der Waals surface area (Å²) in [4.78, 5) is 38.3. The fraction of sp³-hybridized carbons (Fsp3) is 0.739. The van der Waals surface area contributed by atoms with E-state index in [1.54, 1.807) is 17.1 Å². The molecule has 9 heteroatoms. The van der Waals surface area contributed by atoms with Crippen LogP contribution in [0.2, 0.25) is 0 Å². The van der Waals surface area contributed by atoms with Crippen LogP contribution in [0.15, 0.2) is 16.6 Å². The zero-order chi connectivity index (χ0) is 24.4. The lowest BCUT2D eigenvalue weighted by Gasteiger charge is -2.15. The number of aliphatic imine (C=N–C) groups is 1. The molecule has 0 aromatic heterocycles. The van der Waals surface area contributed by atoms with Gasteiger partial charge in [-0.05, 0) is 63.2 Å². The highest BCUT2D eigenvalue weighted by molar-refractivity contribution is 8.16. The molecule has 184 valence electrons. The molecule has 2 atom stereocenters. The van der Waals surface area contributed by atoms with Crippen LogP contribution in [0.5, 0.6) is 0 Å². The molecule has 0 amide bonds. The van der Waals surface area contributed by atoms with Gasteiger partial charge in [-0.25, -0.2) is 5.48 Å². The van der Waals surface area contributed by atoms with Crippen LogP contribution in [-0.2, 0) is 14.4 Å². The van der Waals surface area contributed by atoms with Gasteiger partial charge in [0.15, 0.2) is 0 Å². The van der Waals surface area contributed by atoms with Crippen molar-refractivity contribution in [2.45, 2.75) is 63.8 Å². The van der Waals surface area contributed by atoms with Crippen LogP contribution in [0.4, 0.5) is 0 Å². The number of hydrogen-bond acceptors (Lipinski definition) is 9. The van der Waals surface area contributed by atoms with E-state index in [2.05, 4.69) is 22.3 Å². The Labute approximate surface area is 197 Å². The number of aldehydes is 2. The summed E-state index contributed by atoms with van der Waals surface area (Å²) < 4.78 is 0. The maximum atomic E-state index is 11.9. The van der Waals surface area contributed by atoms with Crippen molar-refractivity contribution in [3.63, 3.8) is 0 Å². The SMILES string of the molecule is C=N/C=C\SC(=O)C1CC2(CC2)CN1C.CN.CNO.O=CCC(C=O)CC1CCCC1. The van der Waals surface area contributed by atoms with Crippen molar-refractivity contribution in [3.05, 3.63) is 11.6 Å². The number of nitrogens with one attached hydrogen (secondary N) is 1. The molecule has 4 N–H and O–H groups in total. The standard InChI is InChI=1S/C11H16N2OS.C10H16O2.CH5NO.CH5N/c1-12-5-6-15-10(14)9-7-11(3-4-11)8-13(9)2;11-6-5-10(8-12)7-9-3-1-2-4-9;1-2-3;1-2/h5-6,9H,1,3-4,7-8H2,2H3;6,8-10H,1-5,7H2;2-3H,1H3;2H2,1H3/b6-5-;;;. The highest BCUT2D eigenvalue weighted by Gasteiger charge is 2.52. The monoisotopic (exact) mass is 470 g/mol. The van der Waals surface area contributed by atoms with Gasteiger partial charge in [0.1, 0.15) is 12.6 Å². The highest BCUT2D eigenvalue weighted by atomic mass is 32.2. The molecule has 1 saturated heterocycles. The second-order valence-electron chi connectivity index (χ2n) is 8.45. The van der Waals surface area contributed by atoms with Gasteiger partial charge in [0, 0.05) is 32.1 Å². The Morgan fingerprint density at radius 1 is 1.34 bits per heavy atom. The van der Waals surface area contributed by atoms with Gasteiger partial charge in [0.2, 0.25) is 5.12 Å². The number of nitrogens with two attached hydrogens (primary N) is 1. The number of hydrogen-bond donors (Lipinski definition) is 3. The Morgan fingerprint density at radius 2 is 1.94 bits per heavy atom. The third kappa shape index (κ3) is 12.0. The van der Waals surface area contributed by atoms with Gasteiger partial charge in [0.05, 0.1) is 6.04 Å². The van der Waals surface area contributed by atoms with Gasteiger partial charge in [0.25, 0.3) is 0 Å². The van der Waals surface area contributed by atoms with Crippen LogP contribution in [-0.4, -0.2) is 68.2 Å². The van der Waals surface area contributed by atoms with Gasteiger partial charge in [-0.2, -0.15) is 0 Å². The van der Waals surface area contributed by atoms with E-state index in [-0.39, 0.29) is 17.1 Å². The molecule has 32 heavy (non-hydrogen) atoms. The quantitative estimate of drug-likeness (QED) is 0.281. The minimum absolute atomic E-state index is 0.00870. The van der Waals surface area contributed by atoms with Crippen LogP contribution in [0.3, 0.4) is 0 Å². The molecular formula is C23H42N4O4S. The summed E-state index contributed by atoms with van der Waals surface area (Å²) in [6, 6.07) is 0.104. The lowest BCUT2D eigenvalue weighted by Crippen LogP contribution is -2.30. The van der Waals surface area contributed by atoms with Crippen molar-refractivity contribution in [3.8, 4) is 0 Å². The summed E-state index contributed by atoms with van der Waals surface area (Å²) in [5.41, 5.74) is 6.75. The number of hydroxylamine groups is 1. The number of likely N-dealkylation sites (N-methyl/N-ethyl adjacent to an activating group) is 1. The average Bonchev–Trinajstić information content (AvgIpc) is 3.19. The first-order valence-electron chi connectivity index (χ1n) is 11.2. The van der Waals surface area contributed by atoms with Crippen molar-refractivity contribution >= 4 is 36.2 Å². The normalized spacial score (nSPS) is 22.0. The van der Waals surface area contributed by atoms with E-state index in [9.17, 15) is 14.4 Å². The molecule has 2 saturated carbocycles. The molecule has 1 aliphatic heterocycles. The molecule has 0 radical (unpaired) electrons. The third-order valence-corrected chi connectivity index (χ3v) is 6.79. The van der Waals surface area contributed by atoms with Crippen molar-refractivity contribution < 1.29 is 19.6 Å². The third-order valence-electron chi connectivity index (χ3n) is 6.03. The van der Waals surface area contributed by atoms with Crippen molar-refractivity contribution in [1.29, 1.82) is 0 Å². The van der Waals surface area contributed by atoms with Gasteiger partial charge in [-0.1, -0.05) is 37.4 Å². The fourth-order valence-corrected chi connectivity index (χ4v) is 5.00. The van der Waals surface area contributed by atoms with E-state index in [1.165, 1.54) is 64.4 Å². The molecule has 2 aliphatic carbocycles. The maximum Gasteiger partial charge on any atom is 0.210 e. The predicted molar refractivity (Wildman–Crippen MR) is 132 cm³/mol. The van der Waals surface area contributed by atoms with Crippen molar-refractivity contribution in [2.24, 2.45) is 28.0 Å². The largest absolute Gasteiger partial charge is 0.333 e. The summed E-state index contributed by atoms with van der Waals surface area (Å²) in [6.45, 7) is 4.42. The molecule has 0 bridgehead atoms. The Hall–Kier alpha value is -1.39. The lowest BCUT2D eigenvalue weighted by atomic mass is 9.92. The molecule has 2 unspecified atom stereocenters. The number of carbonyl (C=O) groups excluding carboxylic acids is 3. The van der Waals surface area contributed by atoms with E-state index in [0.29, 0.717) is 17.8 Å². The molecule has 0 aromatic carbocycles. The first-order chi connectivity index (χ1) is 15.4. The van der Waals surface area contributed by atoms with E-state index in [0.717, 1.165) is 32.0 Å². The second kappa shape index (κ2) is 18.1. The summed E-state index contributed by atoms with van der Waals surface area (Å²) >= 11 is 1.24. The van der Waals surface area contributed by atoms with Crippen LogP contribution in [0.1, 0.15) is 57.8 Å². The highest BCUT2D eigenvalue weighted by Crippen LogP contribution is 2.54. The number of nitrogens with zero attached hydrogens (tertiary/aromatic N) is 2. The number of carbonyl (C=O) groups is 3. The predicted octanol–water partition coefficient (Wildman–Crippen LogP) is 3.04. The maximum absolute atomic E-state index is 11.9. The van der Waals surface area contributed by atoms with Gasteiger partial charge in [-0.15, -0.1) is 0 Å². The summed E-state index contributed by atoms with van der Waals surface area (Å²) in [6.07, 6.45) is 13.5. The molecule has 1 spiro atoms. The Morgan fingerprint density at radius 3 is 2.38 bits per heavy atom. The molecule has 3 aliphatic rings. The number of likely N-dealkylation sites (tertiary alicyclic amines) is 1. The van der Waals surface area contributed by atoms with Crippen molar-refractivity contribution in [1.82, 2.24) is 10.4 Å². The minimum atomic E-state index is -0.00870. The van der Waals surface area contributed by atoms with E-state index < -0.39 is 0 Å². The van der Waals surface area contributed by atoms with Crippen LogP contribution >= 0.6 is 11.8 Å². The lowest BCUT2D eigenvalue weighted by molar-refractivity contribution is -0.116. The van der Waals surface area contributed by atoms with Crippen molar-refractivity contribution in [2.75, 3.05) is 27.7 Å².